The maximum atomic E-state index is 12.9. The van der Waals surface area contributed by atoms with Crippen LogP contribution >= 0.6 is 0 Å². The summed E-state index contributed by atoms with van der Waals surface area (Å²) in [6.45, 7) is 0. The zero-order valence-corrected chi connectivity index (χ0v) is 16.8. The molecule has 1 aliphatic rings. The smallest absolute Gasteiger partial charge is 0.261 e. The molecule has 8 nitrogen and oxygen atoms in total. The quantitative estimate of drug-likeness (QED) is 0.498. The molecule has 2 aromatic carbocycles. The molecule has 8 heteroatoms. The van der Waals surface area contributed by atoms with Gasteiger partial charge in [-0.3, -0.25) is 14.2 Å². The summed E-state index contributed by atoms with van der Waals surface area (Å²) in [4.78, 5) is 34.2. The number of rotatable bonds is 7. The third kappa shape index (κ3) is 4.23. The predicted octanol–water partition coefficient (Wildman–Crippen LogP) is 3.08. The van der Waals surface area contributed by atoms with E-state index in [1.54, 1.807) is 0 Å². The summed E-state index contributed by atoms with van der Waals surface area (Å²) < 4.78 is 7.13. The number of benzene rings is 2. The van der Waals surface area contributed by atoms with E-state index < -0.39 is 0 Å². The number of aryl methyl sites for hydroxylation is 2. The van der Waals surface area contributed by atoms with Gasteiger partial charge in [0, 0.05) is 24.6 Å². The third-order valence-corrected chi connectivity index (χ3v) is 5.24. The van der Waals surface area contributed by atoms with E-state index in [1.165, 1.54) is 0 Å². The average Bonchev–Trinajstić information content (AvgIpc) is 3.52. The van der Waals surface area contributed by atoms with Crippen molar-refractivity contribution in [2.45, 2.75) is 38.1 Å². The summed E-state index contributed by atoms with van der Waals surface area (Å²) in [6, 6.07) is 16.8. The Morgan fingerprint density at radius 1 is 1.03 bits per heavy atom. The largest absolute Gasteiger partial charge is 0.339 e. The van der Waals surface area contributed by atoms with E-state index >= 15 is 0 Å². The first-order valence-corrected chi connectivity index (χ1v) is 10.3. The number of carbonyl (C=O) groups is 1. The van der Waals surface area contributed by atoms with Gasteiger partial charge in [0.1, 0.15) is 5.82 Å². The van der Waals surface area contributed by atoms with Gasteiger partial charge in [0.25, 0.3) is 5.56 Å². The first-order valence-electron chi connectivity index (χ1n) is 10.3. The first-order chi connectivity index (χ1) is 15.2. The van der Waals surface area contributed by atoms with E-state index in [4.69, 9.17) is 9.51 Å². The van der Waals surface area contributed by atoms with Gasteiger partial charge in [-0.15, -0.1) is 0 Å². The Labute approximate surface area is 177 Å². The predicted molar refractivity (Wildman–Crippen MR) is 115 cm³/mol. The number of hydrogen-bond acceptors (Lipinski definition) is 6. The van der Waals surface area contributed by atoms with Crippen molar-refractivity contribution in [1.82, 2.24) is 19.7 Å². The van der Waals surface area contributed by atoms with Crippen LogP contribution in [0.3, 0.4) is 0 Å². The SMILES string of the molecule is O=C(Cc1noc(CCc2nc3ccccc3c(=O)n2C2CC2)n1)Nc1ccccc1. The summed E-state index contributed by atoms with van der Waals surface area (Å²) in [6.07, 6.45) is 2.97. The van der Waals surface area contributed by atoms with Crippen molar-refractivity contribution in [3.8, 4) is 0 Å². The number of carbonyl (C=O) groups excluding carboxylic acids is 1. The minimum absolute atomic E-state index is 0.00639. The minimum atomic E-state index is -0.211. The Balaban J connectivity index is 1.28. The van der Waals surface area contributed by atoms with Crippen LogP contribution in [0.4, 0.5) is 5.69 Å². The number of nitrogens with zero attached hydrogens (tertiary/aromatic N) is 4. The van der Waals surface area contributed by atoms with Gasteiger partial charge in [0.2, 0.25) is 11.8 Å². The molecule has 1 aliphatic carbocycles. The summed E-state index contributed by atoms with van der Waals surface area (Å²) in [5.74, 6) is 1.27. The summed E-state index contributed by atoms with van der Waals surface area (Å²) in [5.41, 5.74) is 1.42. The van der Waals surface area contributed by atoms with E-state index in [-0.39, 0.29) is 23.9 Å². The average molecular weight is 415 g/mol. The van der Waals surface area contributed by atoms with Crippen molar-refractivity contribution >= 4 is 22.5 Å². The lowest BCUT2D eigenvalue weighted by Crippen LogP contribution is -2.25. The molecule has 31 heavy (non-hydrogen) atoms. The molecule has 0 radical (unpaired) electrons. The van der Waals surface area contributed by atoms with Crippen LogP contribution in [0.25, 0.3) is 10.9 Å². The van der Waals surface area contributed by atoms with Crippen molar-refractivity contribution in [2.24, 2.45) is 0 Å². The van der Waals surface area contributed by atoms with Crippen molar-refractivity contribution in [3.05, 3.63) is 82.5 Å². The molecule has 1 saturated carbocycles. The number of hydrogen-bond donors (Lipinski definition) is 1. The molecular weight excluding hydrogens is 394 g/mol. The molecule has 1 amide bonds. The van der Waals surface area contributed by atoms with Gasteiger partial charge in [-0.25, -0.2) is 4.98 Å². The van der Waals surface area contributed by atoms with Gasteiger partial charge >= 0.3 is 0 Å². The van der Waals surface area contributed by atoms with E-state index in [1.807, 2.05) is 59.2 Å². The lowest BCUT2D eigenvalue weighted by Gasteiger charge is -2.12. The molecule has 1 fully saturated rings. The number of nitrogens with one attached hydrogen (secondary N) is 1. The van der Waals surface area contributed by atoms with Crippen LogP contribution < -0.4 is 10.9 Å². The molecule has 0 spiro atoms. The van der Waals surface area contributed by atoms with Gasteiger partial charge in [-0.1, -0.05) is 35.5 Å². The third-order valence-electron chi connectivity index (χ3n) is 5.24. The monoisotopic (exact) mass is 415 g/mol. The van der Waals surface area contributed by atoms with Crippen molar-refractivity contribution < 1.29 is 9.32 Å². The van der Waals surface area contributed by atoms with Gasteiger partial charge in [-0.2, -0.15) is 4.98 Å². The highest BCUT2D eigenvalue weighted by Gasteiger charge is 2.28. The van der Waals surface area contributed by atoms with Crippen LogP contribution in [0.15, 0.2) is 63.9 Å². The first kappa shape index (κ1) is 19.2. The number of amides is 1. The lowest BCUT2D eigenvalue weighted by atomic mass is 10.2. The molecule has 2 aromatic heterocycles. The maximum absolute atomic E-state index is 12.9. The van der Waals surface area contributed by atoms with Crippen LogP contribution in [-0.2, 0) is 24.1 Å². The van der Waals surface area contributed by atoms with Gasteiger partial charge < -0.3 is 9.84 Å². The standard InChI is InChI=1S/C23H21N5O3/c29-21(24-15-6-2-1-3-7-15)14-19-26-22(31-27-19)13-12-20-25-18-9-5-4-8-17(18)23(30)28(20)16-10-11-16/h1-9,16H,10-14H2,(H,24,29). The van der Waals surface area contributed by atoms with Crippen molar-refractivity contribution in [3.63, 3.8) is 0 Å². The van der Waals surface area contributed by atoms with Gasteiger partial charge in [0.15, 0.2) is 5.82 Å². The molecule has 5 rings (SSSR count). The summed E-state index contributed by atoms with van der Waals surface area (Å²) in [5, 5.41) is 7.35. The fourth-order valence-corrected chi connectivity index (χ4v) is 3.63. The van der Waals surface area contributed by atoms with Crippen LogP contribution in [0.2, 0.25) is 0 Å². The Hall–Kier alpha value is -3.81. The maximum Gasteiger partial charge on any atom is 0.261 e. The Bertz CT molecular complexity index is 1290. The lowest BCUT2D eigenvalue weighted by molar-refractivity contribution is -0.115. The molecular formula is C23H21N5O3. The van der Waals surface area contributed by atoms with E-state index in [2.05, 4.69) is 15.5 Å². The Kier molecular flexibility index (Phi) is 5.03. The van der Waals surface area contributed by atoms with E-state index in [0.717, 1.165) is 24.4 Å². The highest BCUT2D eigenvalue weighted by molar-refractivity contribution is 5.91. The summed E-state index contributed by atoms with van der Waals surface area (Å²) in [7, 11) is 0. The zero-order valence-electron chi connectivity index (χ0n) is 16.8. The second kappa shape index (κ2) is 8.14. The molecule has 156 valence electrons. The van der Waals surface area contributed by atoms with Crippen LogP contribution in [0.1, 0.15) is 36.4 Å². The normalized spacial score (nSPS) is 13.4. The second-order valence-electron chi connectivity index (χ2n) is 7.65. The van der Waals surface area contributed by atoms with Crippen molar-refractivity contribution in [1.29, 1.82) is 0 Å². The molecule has 4 aromatic rings. The zero-order chi connectivity index (χ0) is 21.2. The highest BCUT2D eigenvalue weighted by atomic mass is 16.5. The van der Waals surface area contributed by atoms with Crippen LogP contribution in [0.5, 0.6) is 0 Å². The molecule has 0 unspecified atom stereocenters. The van der Waals surface area contributed by atoms with E-state index in [0.29, 0.717) is 35.5 Å². The second-order valence-corrected chi connectivity index (χ2v) is 7.65. The summed E-state index contributed by atoms with van der Waals surface area (Å²) >= 11 is 0. The van der Waals surface area contributed by atoms with Crippen LogP contribution in [0, 0.1) is 0 Å². The Morgan fingerprint density at radius 2 is 1.81 bits per heavy atom. The highest BCUT2D eigenvalue weighted by Crippen LogP contribution is 2.34. The minimum Gasteiger partial charge on any atom is -0.339 e. The Morgan fingerprint density at radius 3 is 2.61 bits per heavy atom. The van der Waals surface area contributed by atoms with Crippen LogP contribution in [-0.4, -0.2) is 25.6 Å². The molecule has 1 N–H and O–H groups in total. The molecule has 0 aliphatic heterocycles. The number of aromatic nitrogens is 4. The topological polar surface area (TPSA) is 103 Å². The number of anilines is 1. The number of para-hydroxylation sites is 2. The molecule has 2 heterocycles. The van der Waals surface area contributed by atoms with Gasteiger partial charge in [-0.05, 0) is 37.1 Å². The molecule has 0 bridgehead atoms. The fraction of sp³-hybridized carbons (Fsp3) is 0.261. The fourth-order valence-electron chi connectivity index (χ4n) is 3.63. The van der Waals surface area contributed by atoms with Crippen molar-refractivity contribution in [2.75, 3.05) is 5.32 Å². The van der Waals surface area contributed by atoms with Gasteiger partial charge in [0.05, 0.1) is 17.3 Å². The van der Waals surface area contributed by atoms with E-state index in [9.17, 15) is 9.59 Å². The molecule has 0 atom stereocenters. The molecule has 0 saturated heterocycles. The number of fused-ring (bicyclic) bond motifs is 1.